The van der Waals surface area contributed by atoms with Crippen LogP contribution >= 0.6 is 11.8 Å². The average Bonchev–Trinajstić information content (AvgIpc) is 2.67. The van der Waals surface area contributed by atoms with Crippen molar-refractivity contribution in [2.75, 3.05) is 37.8 Å². The third kappa shape index (κ3) is 7.35. The molecule has 0 saturated carbocycles. The lowest BCUT2D eigenvalue weighted by molar-refractivity contribution is -0.173. The largest absolute Gasteiger partial charge is 0.411 e. The number of hydrogen-bond acceptors (Lipinski definition) is 3. The van der Waals surface area contributed by atoms with E-state index in [-0.39, 0.29) is 6.61 Å². The Kier molecular flexibility index (Phi) is 6.53. The second-order valence-electron chi connectivity index (χ2n) is 3.96. The molecule has 1 unspecified atom stereocenters. The monoisotopic (exact) mass is 257 g/mol. The van der Waals surface area contributed by atoms with Crippen LogP contribution in [-0.2, 0) is 4.74 Å². The summed E-state index contributed by atoms with van der Waals surface area (Å²) in [7, 11) is 0. The van der Waals surface area contributed by atoms with Gasteiger partial charge in [-0.1, -0.05) is 0 Å². The number of ether oxygens (including phenoxy) is 1. The van der Waals surface area contributed by atoms with Crippen molar-refractivity contribution >= 4 is 11.8 Å². The molecular weight excluding hydrogens is 239 g/mol. The third-order valence-corrected chi connectivity index (χ3v) is 3.60. The van der Waals surface area contributed by atoms with Gasteiger partial charge in [0.25, 0.3) is 0 Å². The van der Waals surface area contributed by atoms with Gasteiger partial charge >= 0.3 is 6.18 Å². The van der Waals surface area contributed by atoms with Crippen molar-refractivity contribution < 1.29 is 17.9 Å². The molecule has 6 heteroatoms. The Balaban J connectivity index is 1.81. The Morgan fingerprint density at radius 3 is 2.81 bits per heavy atom. The van der Waals surface area contributed by atoms with Crippen LogP contribution in [0, 0.1) is 5.92 Å². The molecule has 0 amide bonds. The van der Waals surface area contributed by atoms with Gasteiger partial charge in [0.15, 0.2) is 0 Å². The van der Waals surface area contributed by atoms with Crippen molar-refractivity contribution in [2.45, 2.75) is 19.0 Å². The lowest BCUT2D eigenvalue weighted by Crippen LogP contribution is -2.25. The Morgan fingerprint density at radius 2 is 2.19 bits per heavy atom. The van der Waals surface area contributed by atoms with Crippen molar-refractivity contribution in [3.8, 4) is 0 Å². The molecule has 1 aliphatic heterocycles. The van der Waals surface area contributed by atoms with E-state index in [4.69, 9.17) is 0 Å². The first-order valence-corrected chi connectivity index (χ1v) is 6.66. The summed E-state index contributed by atoms with van der Waals surface area (Å²) in [6.45, 7) is 0.753. The van der Waals surface area contributed by atoms with Gasteiger partial charge in [0, 0.05) is 6.61 Å². The Bertz CT molecular complexity index is 183. The van der Waals surface area contributed by atoms with Gasteiger partial charge in [-0.3, -0.25) is 0 Å². The molecule has 0 aromatic carbocycles. The van der Waals surface area contributed by atoms with Gasteiger partial charge in [0.2, 0.25) is 0 Å². The SMILES string of the molecule is FC(F)(F)COCCCNCC1CCSC1. The van der Waals surface area contributed by atoms with Gasteiger partial charge in [-0.05, 0) is 43.4 Å². The molecule has 2 nitrogen and oxygen atoms in total. The normalized spacial score (nSPS) is 21.6. The van der Waals surface area contributed by atoms with Crippen molar-refractivity contribution in [2.24, 2.45) is 5.92 Å². The zero-order valence-electron chi connectivity index (χ0n) is 9.18. The number of hydrogen-bond donors (Lipinski definition) is 1. The molecule has 1 heterocycles. The molecule has 96 valence electrons. The predicted molar refractivity (Wildman–Crippen MR) is 59.8 cm³/mol. The second-order valence-corrected chi connectivity index (χ2v) is 5.10. The molecule has 16 heavy (non-hydrogen) atoms. The highest BCUT2D eigenvalue weighted by atomic mass is 32.2. The van der Waals surface area contributed by atoms with Crippen LogP contribution in [0.4, 0.5) is 13.2 Å². The van der Waals surface area contributed by atoms with Gasteiger partial charge in [0.05, 0.1) is 0 Å². The van der Waals surface area contributed by atoms with E-state index in [9.17, 15) is 13.2 Å². The molecule has 0 aromatic rings. The lowest BCUT2D eigenvalue weighted by Gasteiger charge is -2.10. The van der Waals surface area contributed by atoms with E-state index in [1.54, 1.807) is 0 Å². The maximum atomic E-state index is 11.7. The summed E-state index contributed by atoms with van der Waals surface area (Å²) in [5.74, 6) is 3.18. The van der Waals surface area contributed by atoms with Gasteiger partial charge in [-0.25, -0.2) is 0 Å². The highest BCUT2D eigenvalue weighted by molar-refractivity contribution is 7.99. The highest BCUT2D eigenvalue weighted by Crippen LogP contribution is 2.22. The molecule has 1 N–H and O–H groups in total. The minimum Gasteiger partial charge on any atom is -0.372 e. The van der Waals surface area contributed by atoms with Crippen LogP contribution in [0.3, 0.4) is 0 Å². The first kappa shape index (κ1) is 14.1. The van der Waals surface area contributed by atoms with Crippen molar-refractivity contribution in [1.82, 2.24) is 5.32 Å². The van der Waals surface area contributed by atoms with Gasteiger partial charge < -0.3 is 10.1 Å². The van der Waals surface area contributed by atoms with E-state index in [0.29, 0.717) is 6.42 Å². The van der Waals surface area contributed by atoms with Crippen molar-refractivity contribution in [1.29, 1.82) is 0 Å². The van der Waals surface area contributed by atoms with Crippen molar-refractivity contribution in [3.63, 3.8) is 0 Å². The van der Waals surface area contributed by atoms with Gasteiger partial charge in [0.1, 0.15) is 6.61 Å². The van der Waals surface area contributed by atoms with E-state index in [0.717, 1.165) is 19.0 Å². The second kappa shape index (κ2) is 7.40. The number of rotatable bonds is 7. The molecule has 1 aliphatic rings. The average molecular weight is 257 g/mol. The predicted octanol–water partition coefficient (Wildman–Crippen LogP) is 2.30. The molecule has 1 atom stereocenters. The summed E-state index contributed by atoms with van der Waals surface area (Å²) in [6, 6.07) is 0. The van der Waals surface area contributed by atoms with Crippen molar-refractivity contribution in [3.05, 3.63) is 0 Å². The van der Waals surface area contributed by atoms with Crippen LogP contribution in [0.5, 0.6) is 0 Å². The summed E-state index contributed by atoms with van der Waals surface area (Å²) < 4.78 is 39.6. The number of nitrogens with one attached hydrogen (secondary N) is 1. The zero-order chi connectivity index (χ0) is 11.9. The zero-order valence-corrected chi connectivity index (χ0v) is 10.0. The Hall–Kier alpha value is 0.0600. The molecule has 0 spiro atoms. The number of halogens is 3. The summed E-state index contributed by atoms with van der Waals surface area (Å²) in [6.07, 6.45) is -2.31. The van der Waals surface area contributed by atoms with E-state index in [2.05, 4.69) is 10.1 Å². The van der Waals surface area contributed by atoms with E-state index in [1.807, 2.05) is 11.8 Å². The van der Waals surface area contributed by atoms with E-state index >= 15 is 0 Å². The van der Waals surface area contributed by atoms with Crippen LogP contribution in [0.1, 0.15) is 12.8 Å². The summed E-state index contributed by atoms with van der Waals surface area (Å²) in [5, 5.41) is 3.25. The van der Waals surface area contributed by atoms with Crippen LogP contribution in [0.15, 0.2) is 0 Å². The highest BCUT2D eigenvalue weighted by Gasteiger charge is 2.27. The minimum absolute atomic E-state index is 0.173. The number of alkyl halides is 3. The molecular formula is C10H18F3NOS. The van der Waals surface area contributed by atoms with Crippen LogP contribution in [0.2, 0.25) is 0 Å². The summed E-state index contributed by atoms with van der Waals surface area (Å²) >= 11 is 1.97. The fourth-order valence-electron chi connectivity index (χ4n) is 1.54. The smallest absolute Gasteiger partial charge is 0.372 e. The Morgan fingerprint density at radius 1 is 1.38 bits per heavy atom. The van der Waals surface area contributed by atoms with E-state index in [1.165, 1.54) is 17.9 Å². The topological polar surface area (TPSA) is 21.3 Å². The maximum Gasteiger partial charge on any atom is 0.411 e. The molecule has 0 aliphatic carbocycles. The summed E-state index contributed by atoms with van der Waals surface area (Å²) in [4.78, 5) is 0. The number of thioether (sulfide) groups is 1. The standard InChI is InChI=1S/C10H18F3NOS/c11-10(12,13)8-15-4-1-3-14-6-9-2-5-16-7-9/h9,14H,1-8H2. The van der Waals surface area contributed by atoms with Crippen LogP contribution in [0.25, 0.3) is 0 Å². The maximum absolute atomic E-state index is 11.7. The lowest BCUT2D eigenvalue weighted by atomic mass is 10.1. The fourth-order valence-corrected chi connectivity index (χ4v) is 2.82. The minimum atomic E-state index is -4.20. The third-order valence-electron chi connectivity index (χ3n) is 2.36. The van der Waals surface area contributed by atoms with E-state index < -0.39 is 12.8 Å². The van der Waals surface area contributed by atoms with Gasteiger partial charge in [-0.15, -0.1) is 0 Å². The molecule has 1 fully saturated rings. The Labute approximate surface area is 98.3 Å². The molecule has 0 radical (unpaired) electrons. The molecule has 0 aromatic heterocycles. The summed E-state index contributed by atoms with van der Waals surface area (Å²) in [5.41, 5.74) is 0. The molecule has 1 saturated heterocycles. The van der Waals surface area contributed by atoms with Crippen LogP contribution < -0.4 is 5.32 Å². The first-order chi connectivity index (χ1) is 7.58. The quantitative estimate of drug-likeness (QED) is 0.707. The fraction of sp³-hybridized carbons (Fsp3) is 1.00. The van der Waals surface area contributed by atoms with Gasteiger partial charge in [-0.2, -0.15) is 24.9 Å². The molecule has 1 rings (SSSR count). The van der Waals surface area contributed by atoms with Crippen LogP contribution in [-0.4, -0.2) is 44.0 Å². The molecule has 0 bridgehead atoms. The first-order valence-electron chi connectivity index (χ1n) is 5.51.